The Kier molecular flexibility index (Phi) is 3.01. The van der Waals surface area contributed by atoms with Crippen LogP contribution in [-0.4, -0.2) is 31.5 Å². The van der Waals surface area contributed by atoms with Crippen LogP contribution in [0.2, 0.25) is 0 Å². The van der Waals surface area contributed by atoms with Crippen LogP contribution in [0.3, 0.4) is 0 Å². The summed E-state index contributed by atoms with van der Waals surface area (Å²) < 4.78 is 2.21. The van der Waals surface area contributed by atoms with E-state index >= 15 is 0 Å². The summed E-state index contributed by atoms with van der Waals surface area (Å²) in [5.74, 6) is -0.0280. The number of aromatic nitrogens is 3. The molecule has 0 aliphatic rings. The Morgan fingerprint density at radius 1 is 1.33 bits per heavy atom. The van der Waals surface area contributed by atoms with Crippen LogP contribution in [0.25, 0.3) is 5.69 Å². The quantitative estimate of drug-likeness (QED) is 0.602. The van der Waals surface area contributed by atoms with Gasteiger partial charge in [0, 0.05) is 7.05 Å². The highest BCUT2D eigenvalue weighted by Crippen LogP contribution is 2.05. The minimum Gasteiger partial charge on any atom is -0.423 e. The predicted octanol–water partition coefficient (Wildman–Crippen LogP) is -1.88. The molecule has 0 aliphatic carbocycles. The first-order valence-corrected chi connectivity index (χ1v) is 5.07. The molecule has 2 aromatic rings. The van der Waals surface area contributed by atoms with Gasteiger partial charge in [0.05, 0.1) is 5.69 Å². The van der Waals surface area contributed by atoms with Crippen LogP contribution in [0.4, 0.5) is 0 Å². The minimum atomic E-state index is -1.57. The van der Waals surface area contributed by atoms with Gasteiger partial charge in [-0.05, 0) is 17.6 Å². The molecule has 1 aromatic carbocycles. The van der Waals surface area contributed by atoms with Gasteiger partial charge in [-0.1, -0.05) is 12.1 Å². The zero-order valence-electron chi connectivity index (χ0n) is 9.48. The Hall–Kier alpha value is -2.37. The highest BCUT2D eigenvalue weighted by molar-refractivity contribution is 6.58. The third kappa shape index (κ3) is 1.92. The Morgan fingerprint density at radius 2 is 1.94 bits per heavy atom. The van der Waals surface area contributed by atoms with Crippen molar-refractivity contribution in [2.45, 2.75) is 0 Å². The SMILES string of the molecule is Cn1nc(C#N)n(-c2ccc(B(O)O)cc2)c1=O. The number of aryl methyl sites for hydroxylation is 1. The van der Waals surface area contributed by atoms with Crippen LogP contribution < -0.4 is 11.2 Å². The second-order valence-corrected chi connectivity index (χ2v) is 3.64. The van der Waals surface area contributed by atoms with Crippen molar-refractivity contribution in [1.82, 2.24) is 14.3 Å². The molecule has 90 valence electrons. The van der Waals surface area contributed by atoms with Crippen molar-refractivity contribution in [1.29, 1.82) is 5.26 Å². The van der Waals surface area contributed by atoms with Crippen molar-refractivity contribution in [3.63, 3.8) is 0 Å². The Labute approximate surface area is 102 Å². The summed E-state index contributed by atoms with van der Waals surface area (Å²) in [6, 6.07) is 7.77. The highest BCUT2D eigenvalue weighted by Gasteiger charge is 2.14. The van der Waals surface area contributed by atoms with Crippen LogP contribution in [0.15, 0.2) is 29.1 Å². The molecule has 0 saturated carbocycles. The summed E-state index contributed by atoms with van der Waals surface area (Å²) in [6.07, 6.45) is 0. The molecule has 0 unspecified atom stereocenters. The van der Waals surface area contributed by atoms with Crippen molar-refractivity contribution >= 4 is 12.6 Å². The Bertz CT molecular complexity index is 666. The third-order valence-electron chi connectivity index (χ3n) is 2.47. The normalized spacial score (nSPS) is 10.1. The van der Waals surface area contributed by atoms with E-state index in [0.29, 0.717) is 11.2 Å². The molecule has 1 aromatic heterocycles. The molecule has 8 heteroatoms. The number of rotatable bonds is 2. The summed E-state index contributed by atoms with van der Waals surface area (Å²) >= 11 is 0. The van der Waals surface area contributed by atoms with E-state index in [2.05, 4.69) is 5.10 Å². The molecule has 1 heterocycles. The van der Waals surface area contributed by atoms with Gasteiger partial charge >= 0.3 is 12.8 Å². The lowest BCUT2D eigenvalue weighted by Gasteiger charge is -2.03. The van der Waals surface area contributed by atoms with E-state index in [4.69, 9.17) is 15.3 Å². The van der Waals surface area contributed by atoms with Gasteiger partial charge in [-0.15, -0.1) is 5.10 Å². The van der Waals surface area contributed by atoms with E-state index in [0.717, 1.165) is 9.25 Å². The maximum Gasteiger partial charge on any atom is 0.488 e. The molecule has 0 aliphatic heterocycles. The molecule has 0 atom stereocenters. The lowest BCUT2D eigenvalue weighted by molar-refractivity contribution is 0.426. The number of nitriles is 1. The molecule has 0 amide bonds. The summed E-state index contributed by atoms with van der Waals surface area (Å²) in [7, 11) is -0.119. The van der Waals surface area contributed by atoms with Gasteiger partial charge in [-0.2, -0.15) is 5.26 Å². The second kappa shape index (κ2) is 4.48. The maximum absolute atomic E-state index is 11.8. The molecule has 2 N–H and O–H groups in total. The van der Waals surface area contributed by atoms with Gasteiger partial charge in [0.25, 0.3) is 0 Å². The molecule has 18 heavy (non-hydrogen) atoms. The number of benzene rings is 1. The number of hydrogen-bond donors (Lipinski definition) is 2. The Morgan fingerprint density at radius 3 is 2.44 bits per heavy atom. The lowest BCUT2D eigenvalue weighted by Crippen LogP contribution is -2.30. The van der Waals surface area contributed by atoms with E-state index in [-0.39, 0.29) is 5.82 Å². The standard InChI is InChI=1S/C10H9BN4O3/c1-14-10(16)15(9(6-12)13-14)8-4-2-7(3-5-8)11(17)18/h2-5,17-18H,1H3. The fourth-order valence-corrected chi connectivity index (χ4v) is 1.57. The summed E-state index contributed by atoms with van der Waals surface area (Å²) in [6.45, 7) is 0. The smallest absolute Gasteiger partial charge is 0.423 e. The van der Waals surface area contributed by atoms with Gasteiger partial charge in [0.15, 0.2) is 0 Å². The number of hydrogen-bond acceptors (Lipinski definition) is 5. The number of nitrogens with zero attached hydrogens (tertiary/aromatic N) is 4. The molecule has 2 rings (SSSR count). The van der Waals surface area contributed by atoms with E-state index in [1.54, 1.807) is 0 Å². The first kappa shape index (κ1) is 12.1. The van der Waals surface area contributed by atoms with Gasteiger partial charge in [0.1, 0.15) is 6.07 Å². The van der Waals surface area contributed by atoms with Crippen LogP contribution >= 0.6 is 0 Å². The lowest BCUT2D eigenvalue weighted by atomic mass is 9.80. The van der Waals surface area contributed by atoms with Crippen molar-refractivity contribution in [2.24, 2.45) is 7.05 Å². The van der Waals surface area contributed by atoms with Crippen LogP contribution in [0, 0.1) is 11.3 Å². The van der Waals surface area contributed by atoms with Crippen LogP contribution in [0.1, 0.15) is 5.82 Å². The molecule has 0 bridgehead atoms. The monoisotopic (exact) mass is 244 g/mol. The first-order chi connectivity index (χ1) is 8.54. The average Bonchev–Trinajstić information content (AvgIpc) is 2.65. The Balaban J connectivity index is 2.56. The van der Waals surface area contributed by atoms with Crippen molar-refractivity contribution < 1.29 is 10.0 Å². The molecule has 0 saturated heterocycles. The molecule has 0 fully saturated rings. The average molecular weight is 244 g/mol. The summed E-state index contributed by atoms with van der Waals surface area (Å²) in [5, 5.41) is 30.6. The second-order valence-electron chi connectivity index (χ2n) is 3.64. The molecular weight excluding hydrogens is 235 g/mol. The summed E-state index contributed by atoms with van der Waals surface area (Å²) in [4.78, 5) is 11.8. The molecular formula is C10H9BN4O3. The first-order valence-electron chi connectivity index (χ1n) is 5.07. The van der Waals surface area contributed by atoms with Crippen molar-refractivity contribution in [3.8, 4) is 11.8 Å². The van der Waals surface area contributed by atoms with Gasteiger partial charge in [-0.25, -0.2) is 14.0 Å². The van der Waals surface area contributed by atoms with E-state index in [1.807, 2.05) is 6.07 Å². The highest BCUT2D eigenvalue weighted by atomic mass is 16.4. The topological polar surface area (TPSA) is 104 Å². The van der Waals surface area contributed by atoms with E-state index in [9.17, 15) is 4.79 Å². The van der Waals surface area contributed by atoms with Gasteiger partial charge in [0.2, 0.25) is 5.82 Å². The predicted molar refractivity (Wildman–Crippen MR) is 63.3 cm³/mol. The molecule has 7 nitrogen and oxygen atoms in total. The largest absolute Gasteiger partial charge is 0.488 e. The fraction of sp³-hybridized carbons (Fsp3) is 0.100. The molecule has 0 spiro atoms. The minimum absolute atomic E-state index is 0.0280. The molecule has 0 radical (unpaired) electrons. The fourth-order valence-electron chi connectivity index (χ4n) is 1.57. The van der Waals surface area contributed by atoms with Crippen LogP contribution in [0.5, 0.6) is 0 Å². The van der Waals surface area contributed by atoms with E-state index < -0.39 is 12.8 Å². The van der Waals surface area contributed by atoms with Crippen LogP contribution in [-0.2, 0) is 7.05 Å². The summed E-state index contributed by atoms with van der Waals surface area (Å²) in [5.41, 5.74) is 0.298. The van der Waals surface area contributed by atoms with Crippen molar-refractivity contribution in [2.75, 3.05) is 0 Å². The van der Waals surface area contributed by atoms with Gasteiger partial charge in [-0.3, -0.25) is 0 Å². The zero-order chi connectivity index (χ0) is 13.3. The maximum atomic E-state index is 11.8. The van der Waals surface area contributed by atoms with Crippen molar-refractivity contribution in [3.05, 3.63) is 40.6 Å². The third-order valence-corrected chi connectivity index (χ3v) is 2.47. The van der Waals surface area contributed by atoms with Gasteiger partial charge < -0.3 is 10.0 Å². The van der Waals surface area contributed by atoms with E-state index in [1.165, 1.54) is 31.3 Å². The zero-order valence-corrected chi connectivity index (χ0v) is 9.48.